The fourth-order valence-electron chi connectivity index (χ4n) is 3.53. The van der Waals surface area contributed by atoms with E-state index in [1.807, 2.05) is 17.7 Å². The molecular weight excluding hydrogens is 499 g/mol. The number of guanidine groups is 1. The number of hydrogen-bond donors (Lipinski definition) is 2. The molecule has 0 amide bonds. The van der Waals surface area contributed by atoms with Crippen LogP contribution in [-0.4, -0.2) is 41.8 Å². The maximum absolute atomic E-state index is 4.63. The summed E-state index contributed by atoms with van der Waals surface area (Å²) in [5.41, 5.74) is 6.94. The zero-order valence-corrected chi connectivity index (χ0v) is 21.3. The van der Waals surface area contributed by atoms with Crippen LogP contribution in [0.15, 0.2) is 59.6 Å². The maximum Gasteiger partial charge on any atom is 0.191 e. The summed E-state index contributed by atoms with van der Waals surface area (Å²) in [7, 11) is 5.96. The Bertz CT molecular complexity index is 1010. The Kier molecular flexibility index (Phi) is 9.51. The van der Waals surface area contributed by atoms with Crippen LogP contribution >= 0.6 is 24.0 Å². The topological polar surface area (TPSA) is 57.5 Å². The van der Waals surface area contributed by atoms with Crippen LogP contribution in [0.25, 0.3) is 5.69 Å². The quantitative estimate of drug-likeness (QED) is 0.274. The van der Waals surface area contributed by atoms with Crippen LogP contribution in [-0.2, 0) is 19.6 Å². The third-order valence-corrected chi connectivity index (χ3v) is 4.85. The van der Waals surface area contributed by atoms with Crippen molar-refractivity contribution >= 4 is 29.9 Å². The minimum atomic E-state index is 0. The van der Waals surface area contributed by atoms with E-state index in [2.05, 4.69) is 95.2 Å². The van der Waals surface area contributed by atoms with Crippen molar-refractivity contribution in [3.8, 4) is 5.69 Å². The van der Waals surface area contributed by atoms with E-state index in [9.17, 15) is 0 Å². The summed E-state index contributed by atoms with van der Waals surface area (Å²) in [4.78, 5) is 6.55. The van der Waals surface area contributed by atoms with Gasteiger partial charge in [-0.15, -0.1) is 24.0 Å². The smallest absolute Gasteiger partial charge is 0.191 e. The first-order valence-corrected chi connectivity index (χ1v) is 10.2. The summed E-state index contributed by atoms with van der Waals surface area (Å²) < 4.78 is 2.00. The molecule has 0 bridgehead atoms. The summed E-state index contributed by atoms with van der Waals surface area (Å²) in [6.07, 6.45) is 0. The molecule has 0 atom stereocenters. The second kappa shape index (κ2) is 11.9. The number of rotatable bonds is 7. The first kappa shape index (κ1) is 24.9. The van der Waals surface area contributed by atoms with E-state index < -0.39 is 0 Å². The molecule has 3 rings (SSSR count). The van der Waals surface area contributed by atoms with Crippen molar-refractivity contribution in [1.82, 2.24) is 25.3 Å². The van der Waals surface area contributed by atoms with E-state index in [1.165, 1.54) is 16.7 Å². The molecular formula is C24H33IN6. The van der Waals surface area contributed by atoms with Gasteiger partial charge < -0.3 is 15.5 Å². The standard InChI is InChI=1S/C24H32N6.HI/c1-18-13-19(2)30(28-18)23-12-7-6-11-22(23)16-27-24(25-3)26-15-20-9-8-10-21(14-20)17-29(4)5;/h6-14H,15-17H2,1-5H3,(H2,25,26,27);1H. The Labute approximate surface area is 202 Å². The van der Waals surface area contributed by atoms with Gasteiger partial charge in [-0.3, -0.25) is 4.99 Å². The van der Waals surface area contributed by atoms with Gasteiger partial charge in [0.1, 0.15) is 0 Å². The second-order valence-corrected chi connectivity index (χ2v) is 7.80. The van der Waals surface area contributed by atoms with Gasteiger partial charge in [-0.1, -0.05) is 42.5 Å². The Morgan fingerprint density at radius 2 is 1.68 bits per heavy atom. The molecule has 0 spiro atoms. The molecule has 0 aliphatic rings. The highest BCUT2D eigenvalue weighted by Crippen LogP contribution is 2.17. The lowest BCUT2D eigenvalue weighted by atomic mass is 10.1. The van der Waals surface area contributed by atoms with Gasteiger partial charge in [0.05, 0.1) is 11.4 Å². The van der Waals surface area contributed by atoms with Crippen LogP contribution < -0.4 is 10.6 Å². The molecule has 2 N–H and O–H groups in total. The van der Waals surface area contributed by atoms with Crippen LogP contribution in [0.5, 0.6) is 0 Å². The highest BCUT2D eigenvalue weighted by atomic mass is 127. The monoisotopic (exact) mass is 532 g/mol. The molecule has 0 fully saturated rings. The van der Waals surface area contributed by atoms with Crippen molar-refractivity contribution in [2.75, 3.05) is 21.1 Å². The van der Waals surface area contributed by atoms with Crippen LogP contribution in [0.2, 0.25) is 0 Å². The van der Waals surface area contributed by atoms with Crippen LogP contribution in [0.3, 0.4) is 0 Å². The summed E-state index contributed by atoms with van der Waals surface area (Å²) in [5.74, 6) is 0.774. The van der Waals surface area contributed by atoms with Crippen LogP contribution in [0.1, 0.15) is 28.1 Å². The first-order chi connectivity index (χ1) is 14.5. The van der Waals surface area contributed by atoms with Crippen molar-refractivity contribution in [3.05, 3.63) is 82.7 Å². The molecule has 1 heterocycles. The minimum absolute atomic E-state index is 0. The van der Waals surface area contributed by atoms with Crippen molar-refractivity contribution in [2.24, 2.45) is 4.99 Å². The molecule has 0 aliphatic carbocycles. The SMILES string of the molecule is CN=C(NCc1cccc(CN(C)C)c1)NCc1ccccc1-n1nc(C)cc1C.I. The molecule has 2 aromatic carbocycles. The number of halogens is 1. The van der Waals surface area contributed by atoms with Crippen LogP contribution in [0.4, 0.5) is 0 Å². The average molecular weight is 532 g/mol. The molecule has 166 valence electrons. The second-order valence-electron chi connectivity index (χ2n) is 7.80. The highest BCUT2D eigenvalue weighted by Gasteiger charge is 2.09. The summed E-state index contributed by atoms with van der Waals surface area (Å²) in [6, 6.07) is 19.1. The van der Waals surface area contributed by atoms with E-state index in [0.29, 0.717) is 6.54 Å². The number of benzene rings is 2. The molecule has 1 aromatic heterocycles. The van der Waals surface area contributed by atoms with Gasteiger partial charge in [0.2, 0.25) is 0 Å². The predicted octanol–water partition coefficient (Wildman–Crippen LogP) is 4.03. The van der Waals surface area contributed by atoms with E-state index in [1.54, 1.807) is 7.05 Å². The number of nitrogens with one attached hydrogen (secondary N) is 2. The lowest BCUT2D eigenvalue weighted by Crippen LogP contribution is -2.36. The zero-order valence-electron chi connectivity index (χ0n) is 19.0. The maximum atomic E-state index is 4.63. The van der Waals surface area contributed by atoms with Gasteiger partial charge in [0.25, 0.3) is 0 Å². The molecule has 0 saturated heterocycles. The normalized spacial score (nSPS) is 11.4. The van der Waals surface area contributed by atoms with Gasteiger partial charge in [0.15, 0.2) is 5.96 Å². The predicted molar refractivity (Wildman–Crippen MR) is 139 cm³/mol. The third kappa shape index (κ3) is 7.07. The first-order valence-electron chi connectivity index (χ1n) is 10.2. The van der Waals surface area contributed by atoms with Gasteiger partial charge in [-0.2, -0.15) is 5.10 Å². The molecule has 0 radical (unpaired) electrons. The van der Waals surface area contributed by atoms with Gasteiger partial charge in [-0.25, -0.2) is 4.68 Å². The summed E-state index contributed by atoms with van der Waals surface area (Å²) in [6.45, 7) is 6.41. The summed E-state index contributed by atoms with van der Waals surface area (Å²) >= 11 is 0. The lowest BCUT2D eigenvalue weighted by molar-refractivity contribution is 0.402. The van der Waals surface area contributed by atoms with Gasteiger partial charge >= 0.3 is 0 Å². The zero-order chi connectivity index (χ0) is 21.5. The van der Waals surface area contributed by atoms with Gasteiger partial charge in [-0.05, 0) is 56.8 Å². The molecule has 0 aliphatic heterocycles. The van der Waals surface area contributed by atoms with Gasteiger partial charge in [0, 0.05) is 32.4 Å². The fourth-order valence-corrected chi connectivity index (χ4v) is 3.53. The molecule has 7 heteroatoms. The molecule has 31 heavy (non-hydrogen) atoms. The number of hydrogen-bond acceptors (Lipinski definition) is 3. The Morgan fingerprint density at radius 3 is 2.35 bits per heavy atom. The summed E-state index contributed by atoms with van der Waals surface area (Å²) in [5, 5.41) is 11.5. The molecule has 0 saturated carbocycles. The van der Waals surface area contributed by atoms with Crippen LogP contribution in [0, 0.1) is 13.8 Å². The third-order valence-electron chi connectivity index (χ3n) is 4.85. The highest BCUT2D eigenvalue weighted by molar-refractivity contribution is 14.0. The van der Waals surface area contributed by atoms with E-state index >= 15 is 0 Å². The largest absolute Gasteiger partial charge is 0.352 e. The fraction of sp³-hybridized carbons (Fsp3) is 0.333. The molecule has 0 unspecified atom stereocenters. The number of aromatic nitrogens is 2. The van der Waals surface area contributed by atoms with Crippen molar-refractivity contribution in [3.63, 3.8) is 0 Å². The average Bonchev–Trinajstić information content (AvgIpc) is 3.06. The number of nitrogens with zero attached hydrogens (tertiary/aromatic N) is 4. The Morgan fingerprint density at radius 1 is 0.968 bits per heavy atom. The Balaban J connectivity index is 0.00000341. The number of aliphatic imine (C=N–C) groups is 1. The number of para-hydroxylation sites is 1. The van der Waals surface area contributed by atoms with Crippen molar-refractivity contribution in [2.45, 2.75) is 33.5 Å². The Hall–Kier alpha value is -2.39. The van der Waals surface area contributed by atoms with E-state index in [4.69, 9.17) is 0 Å². The van der Waals surface area contributed by atoms with E-state index in [-0.39, 0.29) is 24.0 Å². The lowest BCUT2D eigenvalue weighted by Gasteiger charge is -2.16. The van der Waals surface area contributed by atoms with Crippen molar-refractivity contribution < 1.29 is 0 Å². The number of aryl methyl sites for hydroxylation is 2. The molecule has 6 nitrogen and oxygen atoms in total. The van der Waals surface area contributed by atoms with E-state index in [0.717, 1.165) is 36.1 Å². The van der Waals surface area contributed by atoms with Crippen molar-refractivity contribution in [1.29, 1.82) is 0 Å². The minimum Gasteiger partial charge on any atom is -0.352 e. The molecule has 3 aromatic rings.